The van der Waals surface area contributed by atoms with Crippen LogP contribution in [0, 0.1) is 0 Å². The molecule has 0 spiro atoms. The quantitative estimate of drug-likeness (QED) is 0.603. The minimum atomic E-state index is -0.362. The van der Waals surface area contributed by atoms with Crippen LogP contribution in [0.3, 0.4) is 0 Å². The van der Waals surface area contributed by atoms with Gasteiger partial charge in [0.25, 0.3) is 0 Å². The van der Waals surface area contributed by atoms with Crippen molar-refractivity contribution in [3.8, 4) is 17.2 Å². The van der Waals surface area contributed by atoms with Crippen LogP contribution >= 0.6 is 0 Å². The first kappa shape index (κ1) is 19.3. The van der Waals surface area contributed by atoms with Crippen LogP contribution in [0.25, 0.3) is 0 Å². The van der Waals surface area contributed by atoms with Gasteiger partial charge >= 0.3 is 0 Å². The number of benzene rings is 3. The molecule has 28 heavy (non-hydrogen) atoms. The SMILES string of the molecule is COc1ccc(CNC(=O)[C@@H](C)Nc2ccc(Oc3ccccc3)cc2)cc1. The van der Waals surface area contributed by atoms with Crippen LogP contribution in [0.1, 0.15) is 12.5 Å². The average Bonchev–Trinajstić information content (AvgIpc) is 2.74. The van der Waals surface area contributed by atoms with Gasteiger partial charge in [0.2, 0.25) is 5.91 Å². The van der Waals surface area contributed by atoms with Crippen LogP contribution in [-0.4, -0.2) is 19.1 Å². The minimum absolute atomic E-state index is 0.0690. The zero-order chi connectivity index (χ0) is 19.8. The van der Waals surface area contributed by atoms with E-state index in [2.05, 4.69) is 10.6 Å². The van der Waals surface area contributed by atoms with E-state index in [1.807, 2.05) is 85.8 Å². The molecule has 5 heteroatoms. The molecule has 144 valence electrons. The molecule has 0 fully saturated rings. The molecule has 1 atom stereocenters. The number of ether oxygens (including phenoxy) is 2. The summed E-state index contributed by atoms with van der Waals surface area (Å²) in [5.41, 5.74) is 1.87. The summed E-state index contributed by atoms with van der Waals surface area (Å²) < 4.78 is 10.9. The van der Waals surface area contributed by atoms with Crippen molar-refractivity contribution < 1.29 is 14.3 Å². The number of amides is 1. The van der Waals surface area contributed by atoms with Gasteiger partial charge in [0.1, 0.15) is 23.3 Å². The smallest absolute Gasteiger partial charge is 0.242 e. The van der Waals surface area contributed by atoms with E-state index in [-0.39, 0.29) is 11.9 Å². The van der Waals surface area contributed by atoms with E-state index >= 15 is 0 Å². The molecule has 3 aromatic rings. The molecule has 0 heterocycles. The Balaban J connectivity index is 1.49. The van der Waals surface area contributed by atoms with Crippen LogP contribution in [0.5, 0.6) is 17.2 Å². The summed E-state index contributed by atoms with van der Waals surface area (Å²) in [5, 5.41) is 6.13. The summed E-state index contributed by atoms with van der Waals surface area (Å²) >= 11 is 0. The summed E-state index contributed by atoms with van der Waals surface area (Å²) in [6.45, 7) is 2.30. The van der Waals surface area contributed by atoms with E-state index in [0.29, 0.717) is 6.54 Å². The van der Waals surface area contributed by atoms with Gasteiger partial charge in [-0.15, -0.1) is 0 Å². The first-order chi connectivity index (χ1) is 13.6. The Bertz CT molecular complexity index is 878. The Hall–Kier alpha value is -3.47. The molecule has 3 aromatic carbocycles. The van der Waals surface area contributed by atoms with Crippen molar-refractivity contribution in [2.24, 2.45) is 0 Å². The van der Waals surface area contributed by atoms with E-state index in [1.54, 1.807) is 7.11 Å². The highest BCUT2D eigenvalue weighted by Crippen LogP contribution is 2.22. The maximum absolute atomic E-state index is 12.3. The van der Waals surface area contributed by atoms with Crippen LogP contribution < -0.4 is 20.1 Å². The third kappa shape index (κ3) is 5.51. The average molecular weight is 376 g/mol. The molecular formula is C23H24N2O3. The number of hydrogen-bond donors (Lipinski definition) is 2. The number of nitrogens with one attached hydrogen (secondary N) is 2. The lowest BCUT2D eigenvalue weighted by atomic mass is 10.2. The van der Waals surface area contributed by atoms with Crippen molar-refractivity contribution in [1.82, 2.24) is 5.32 Å². The van der Waals surface area contributed by atoms with Crippen molar-refractivity contribution >= 4 is 11.6 Å². The normalized spacial score (nSPS) is 11.4. The van der Waals surface area contributed by atoms with Crippen molar-refractivity contribution in [3.63, 3.8) is 0 Å². The fourth-order valence-electron chi connectivity index (χ4n) is 2.65. The Labute approximate surface area is 165 Å². The fourth-order valence-corrected chi connectivity index (χ4v) is 2.65. The van der Waals surface area contributed by atoms with E-state index in [4.69, 9.17) is 9.47 Å². The Morgan fingerprint density at radius 2 is 1.46 bits per heavy atom. The van der Waals surface area contributed by atoms with E-state index in [1.165, 1.54) is 0 Å². The number of carbonyl (C=O) groups is 1. The molecular weight excluding hydrogens is 352 g/mol. The molecule has 0 saturated carbocycles. The van der Waals surface area contributed by atoms with Gasteiger partial charge < -0.3 is 20.1 Å². The molecule has 0 radical (unpaired) electrons. The number of para-hydroxylation sites is 1. The molecule has 0 saturated heterocycles. The van der Waals surface area contributed by atoms with E-state index in [9.17, 15) is 4.79 Å². The molecule has 0 unspecified atom stereocenters. The predicted molar refractivity (Wildman–Crippen MR) is 111 cm³/mol. The van der Waals surface area contributed by atoms with Gasteiger partial charge in [0.15, 0.2) is 0 Å². The van der Waals surface area contributed by atoms with Crippen LogP contribution in [0.2, 0.25) is 0 Å². The summed E-state index contributed by atoms with van der Waals surface area (Å²) in [6.07, 6.45) is 0. The summed E-state index contributed by atoms with van der Waals surface area (Å²) in [5.74, 6) is 2.26. The van der Waals surface area contributed by atoms with Crippen molar-refractivity contribution in [2.45, 2.75) is 19.5 Å². The standard InChI is InChI=1S/C23H24N2O3/c1-17(23(26)24-16-18-8-12-20(27-2)13-9-18)25-19-10-14-22(15-11-19)28-21-6-4-3-5-7-21/h3-15,17,25H,16H2,1-2H3,(H,24,26)/t17-/m1/s1. The summed E-state index contributed by atoms with van der Waals surface area (Å²) in [4.78, 5) is 12.3. The highest BCUT2D eigenvalue weighted by Gasteiger charge is 2.12. The Morgan fingerprint density at radius 3 is 2.11 bits per heavy atom. The maximum Gasteiger partial charge on any atom is 0.242 e. The number of rotatable bonds is 8. The predicted octanol–water partition coefficient (Wildman–Crippen LogP) is 4.60. The zero-order valence-electron chi connectivity index (χ0n) is 16.0. The van der Waals surface area contributed by atoms with Crippen molar-refractivity contribution in [3.05, 3.63) is 84.4 Å². The lowest BCUT2D eigenvalue weighted by Crippen LogP contribution is -2.37. The molecule has 5 nitrogen and oxygen atoms in total. The van der Waals surface area contributed by atoms with Gasteiger partial charge in [-0.1, -0.05) is 30.3 Å². The molecule has 3 rings (SSSR count). The second kappa shape index (κ2) is 9.46. The second-order valence-corrected chi connectivity index (χ2v) is 6.37. The lowest BCUT2D eigenvalue weighted by Gasteiger charge is -2.16. The largest absolute Gasteiger partial charge is 0.497 e. The summed E-state index contributed by atoms with van der Waals surface area (Å²) in [7, 11) is 1.63. The van der Waals surface area contributed by atoms with Gasteiger partial charge in [0, 0.05) is 12.2 Å². The second-order valence-electron chi connectivity index (χ2n) is 6.37. The van der Waals surface area contributed by atoms with Crippen molar-refractivity contribution in [2.75, 3.05) is 12.4 Å². The van der Waals surface area contributed by atoms with Gasteiger partial charge in [-0.05, 0) is 61.0 Å². The van der Waals surface area contributed by atoms with Gasteiger partial charge in [-0.3, -0.25) is 4.79 Å². The molecule has 0 aliphatic heterocycles. The third-order valence-electron chi connectivity index (χ3n) is 4.24. The first-order valence-electron chi connectivity index (χ1n) is 9.14. The molecule has 0 bridgehead atoms. The Kier molecular flexibility index (Phi) is 6.52. The highest BCUT2D eigenvalue weighted by molar-refractivity contribution is 5.84. The van der Waals surface area contributed by atoms with E-state index in [0.717, 1.165) is 28.5 Å². The van der Waals surface area contributed by atoms with Crippen LogP contribution in [-0.2, 0) is 11.3 Å². The summed E-state index contributed by atoms with van der Waals surface area (Å²) in [6, 6.07) is 24.4. The fraction of sp³-hybridized carbons (Fsp3) is 0.174. The monoisotopic (exact) mass is 376 g/mol. The molecule has 0 aliphatic carbocycles. The molecule has 0 aliphatic rings. The van der Waals surface area contributed by atoms with Gasteiger partial charge in [-0.25, -0.2) is 0 Å². The number of carbonyl (C=O) groups excluding carboxylic acids is 1. The number of methoxy groups -OCH3 is 1. The number of hydrogen-bond acceptors (Lipinski definition) is 4. The van der Waals surface area contributed by atoms with E-state index < -0.39 is 0 Å². The molecule has 1 amide bonds. The number of anilines is 1. The third-order valence-corrected chi connectivity index (χ3v) is 4.24. The first-order valence-corrected chi connectivity index (χ1v) is 9.14. The zero-order valence-corrected chi connectivity index (χ0v) is 16.0. The van der Waals surface area contributed by atoms with Crippen LogP contribution in [0.4, 0.5) is 5.69 Å². The topological polar surface area (TPSA) is 59.6 Å². The lowest BCUT2D eigenvalue weighted by molar-refractivity contribution is -0.121. The molecule has 0 aromatic heterocycles. The van der Waals surface area contributed by atoms with Gasteiger partial charge in [0.05, 0.1) is 7.11 Å². The van der Waals surface area contributed by atoms with Gasteiger partial charge in [-0.2, -0.15) is 0 Å². The van der Waals surface area contributed by atoms with Crippen LogP contribution in [0.15, 0.2) is 78.9 Å². The maximum atomic E-state index is 12.3. The van der Waals surface area contributed by atoms with Crippen molar-refractivity contribution in [1.29, 1.82) is 0 Å². The highest BCUT2D eigenvalue weighted by atomic mass is 16.5. The molecule has 2 N–H and O–H groups in total. The minimum Gasteiger partial charge on any atom is -0.497 e. The Morgan fingerprint density at radius 1 is 0.857 bits per heavy atom.